The lowest BCUT2D eigenvalue weighted by molar-refractivity contribution is -0.113. The molecule has 1 atom stereocenters. The van der Waals surface area contributed by atoms with E-state index in [1.807, 2.05) is 79.1 Å². The van der Waals surface area contributed by atoms with Gasteiger partial charge in [0.15, 0.2) is 16.7 Å². The van der Waals surface area contributed by atoms with E-state index >= 15 is 0 Å². The van der Waals surface area contributed by atoms with Crippen molar-refractivity contribution in [3.8, 4) is 17.2 Å². The van der Waals surface area contributed by atoms with Crippen LogP contribution in [0.15, 0.2) is 88.4 Å². The van der Waals surface area contributed by atoms with Crippen molar-refractivity contribution in [3.63, 3.8) is 0 Å². The maximum Gasteiger partial charge on any atom is 0.255 e. The molecule has 0 aliphatic carbocycles. The molecule has 0 aromatic heterocycles. The number of ether oxygens (including phenoxy) is 3. The second-order valence-corrected chi connectivity index (χ2v) is 9.85. The third-order valence-corrected chi connectivity index (χ3v) is 7.44. The van der Waals surface area contributed by atoms with Gasteiger partial charge in [0.05, 0.1) is 44.3 Å². The van der Waals surface area contributed by atoms with Gasteiger partial charge in [-0.2, -0.15) is 0 Å². The summed E-state index contributed by atoms with van der Waals surface area (Å²) in [6.45, 7) is 1.86. The van der Waals surface area contributed by atoms with Crippen LogP contribution in [-0.2, 0) is 4.79 Å². The van der Waals surface area contributed by atoms with Crippen LogP contribution in [-0.4, -0.2) is 37.3 Å². The number of benzene rings is 3. The molecule has 0 saturated heterocycles. The van der Waals surface area contributed by atoms with Crippen molar-refractivity contribution in [1.29, 1.82) is 0 Å². The largest absolute Gasteiger partial charge is 0.493 e. The molecule has 0 radical (unpaired) electrons. The normalized spacial score (nSPS) is 16.4. The zero-order valence-corrected chi connectivity index (χ0v) is 22.9. The van der Waals surface area contributed by atoms with Crippen LogP contribution in [0.5, 0.6) is 17.2 Å². The zero-order valence-electron chi connectivity index (χ0n) is 21.3. The van der Waals surface area contributed by atoms with Gasteiger partial charge in [0.25, 0.3) is 5.91 Å². The predicted octanol–water partition coefficient (Wildman–Crippen LogP) is 6.74. The summed E-state index contributed by atoms with van der Waals surface area (Å²) < 4.78 is 16.9. The fraction of sp³-hybridized carbons (Fsp3) is 0.172. The van der Waals surface area contributed by atoms with Crippen LogP contribution in [0, 0.1) is 0 Å². The fourth-order valence-electron chi connectivity index (χ4n) is 4.60. The average molecular weight is 548 g/mol. The molecule has 0 fully saturated rings. The zero-order chi connectivity index (χ0) is 26.8. The molecule has 0 unspecified atom stereocenters. The molecule has 2 aliphatic rings. The van der Waals surface area contributed by atoms with Crippen molar-refractivity contribution < 1.29 is 19.0 Å². The van der Waals surface area contributed by atoms with Gasteiger partial charge in [-0.3, -0.25) is 4.79 Å². The SMILES string of the molecule is COc1cc([C@@H]2C(C(=O)Nc3ccccc3)=C(C)N=C3SC=C(c4ccc(Cl)cc4)N32)cc(OC)c1OC. The van der Waals surface area contributed by atoms with E-state index in [-0.39, 0.29) is 5.91 Å². The van der Waals surface area contributed by atoms with Gasteiger partial charge < -0.3 is 24.4 Å². The van der Waals surface area contributed by atoms with Crippen molar-refractivity contribution in [2.24, 2.45) is 4.99 Å². The minimum atomic E-state index is -0.531. The van der Waals surface area contributed by atoms with Crippen LogP contribution < -0.4 is 19.5 Å². The second-order valence-electron chi connectivity index (χ2n) is 8.57. The number of methoxy groups -OCH3 is 3. The molecule has 38 heavy (non-hydrogen) atoms. The minimum Gasteiger partial charge on any atom is -0.493 e. The van der Waals surface area contributed by atoms with E-state index in [2.05, 4.69) is 10.2 Å². The summed E-state index contributed by atoms with van der Waals surface area (Å²) >= 11 is 7.68. The Labute approximate surface area is 230 Å². The number of para-hydroxylation sites is 1. The summed E-state index contributed by atoms with van der Waals surface area (Å²) in [7, 11) is 4.71. The first-order valence-corrected chi connectivity index (χ1v) is 13.1. The quantitative estimate of drug-likeness (QED) is 0.353. The van der Waals surface area contributed by atoms with Gasteiger partial charge in [-0.05, 0) is 54.4 Å². The number of carbonyl (C=O) groups excluding carboxylic acids is 1. The van der Waals surface area contributed by atoms with Crippen LogP contribution in [0.2, 0.25) is 5.02 Å². The summed E-state index contributed by atoms with van der Waals surface area (Å²) in [6, 6.07) is 20.2. The van der Waals surface area contributed by atoms with E-state index in [0.29, 0.717) is 39.2 Å². The van der Waals surface area contributed by atoms with Gasteiger partial charge in [-0.1, -0.05) is 53.7 Å². The first-order valence-electron chi connectivity index (χ1n) is 11.8. The van der Waals surface area contributed by atoms with E-state index < -0.39 is 6.04 Å². The Morgan fingerprint density at radius 1 is 0.974 bits per heavy atom. The summed E-state index contributed by atoms with van der Waals surface area (Å²) in [6.07, 6.45) is 0. The number of nitrogens with one attached hydrogen (secondary N) is 1. The lowest BCUT2D eigenvalue weighted by atomic mass is 9.92. The molecule has 2 aliphatic heterocycles. The van der Waals surface area contributed by atoms with E-state index in [1.54, 1.807) is 21.3 Å². The molecule has 1 amide bonds. The number of hydrogen-bond acceptors (Lipinski definition) is 7. The Morgan fingerprint density at radius 2 is 1.63 bits per heavy atom. The maximum atomic E-state index is 13.9. The van der Waals surface area contributed by atoms with E-state index in [9.17, 15) is 4.79 Å². The lowest BCUT2D eigenvalue weighted by Crippen LogP contribution is -2.37. The number of allylic oxidation sites excluding steroid dienone is 1. The smallest absolute Gasteiger partial charge is 0.255 e. The standard InChI is InChI=1S/C29H26ClN3O4S/c1-17-25(28(34)32-21-8-6-5-7-9-21)26(19-14-23(35-2)27(37-4)24(15-19)36-3)33-22(16-38-29(33)31-17)18-10-12-20(30)13-11-18/h5-16,26H,1-4H3,(H,32,34)/t26-/m1/s1. The average Bonchev–Trinajstić information content (AvgIpc) is 3.35. The molecule has 9 heteroatoms. The van der Waals surface area contributed by atoms with Crippen LogP contribution in [0.4, 0.5) is 5.69 Å². The maximum absolute atomic E-state index is 13.9. The van der Waals surface area contributed by atoms with Gasteiger partial charge in [-0.15, -0.1) is 0 Å². The van der Waals surface area contributed by atoms with E-state index in [0.717, 1.165) is 22.0 Å². The summed E-state index contributed by atoms with van der Waals surface area (Å²) in [5.41, 5.74) is 4.47. The molecular formula is C29H26ClN3O4S. The van der Waals surface area contributed by atoms with Crippen molar-refractivity contribution in [2.45, 2.75) is 13.0 Å². The molecule has 0 spiro atoms. The van der Waals surface area contributed by atoms with E-state index in [4.69, 9.17) is 30.8 Å². The fourth-order valence-corrected chi connectivity index (χ4v) is 5.70. The highest BCUT2D eigenvalue weighted by molar-refractivity contribution is 8.16. The molecule has 7 nitrogen and oxygen atoms in total. The van der Waals surface area contributed by atoms with Gasteiger partial charge in [-0.25, -0.2) is 4.99 Å². The Kier molecular flexibility index (Phi) is 7.35. The number of fused-ring (bicyclic) bond motifs is 1. The first-order chi connectivity index (χ1) is 18.4. The summed E-state index contributed by atoms with van der Waals surface area (Å²) in [5, 5.41) is 6.49. The van der Waals surface area contributed by atoms with Crippen molar-refractivity contribution >= 4 is 45.8 Å². The number of amidine groups is 1. The highest BCUT2D eigenvalue weighted by Crippen LogP contribution is 2.49. The van der Waals surface area contributed by atoms with Crippen LogP contribution in [0.1, 0.15) is 24.1 Å². The third-order valence-electron chi connectivity index (χ3n) is 6.35. The second kappa shape index (κ2) is 10.8. The number of halogens is 1. The van der Waals surface area contributed by atoms with E-state index in [1.165, 1.54) is 11.8 Å². The molecular weight excluding hydrogens is 522 g/mol. The topological polar surface area (TPSA) is 72.4 Å². The molecule has 0 bridgehead atoms. The van der Waals surface area contributed by atoms with Crippen molar-refractivity contribution in [3.05, 3.63) is 99.6 Å². The third kappa shape index (κ3) is 4.73. The number of rotatable bonds is 7. The molecule has 5 rings (SSSR count). The number of amides is 1. The van der Waals surface area contributed by atoms with Gasteiger partial charge >= 0.3 is 0 Å². The summed E-state index contributed by atoms with van der Waals surface area (Å²) in [5.74, 6) is 1.22. The highest BCUT2D eigenvalue weighted by Gasteiger charge is 2.41. The molecule has 194 valence electrons. The number of aliphatic imine (C=N–C) groups is 1. The van der Waals surface area contributed by atoms with Crippen molar-refractivity contribution in [1.82, 2.24) is 4.90 Å². The van der Waals surface area contributed by atoms with Crippen LogP contribution in [0.3, 0.4) is 0 Å². The summed E-state index contributed by atoms with van der Waals surface area (Å²) in [4.78, 5) is 20.8. The number of hydrogen-bond donors (Lipinski definition) is 1. The van der Waals surface area contributed by atoms with Crippen LogP contribution >= 0.6 is 23.4 Å². The van der Waals surface area contributed by atoms with Crippen molar-refractivity contribution in [2.75, 3.05) is 26.6 Å². The molecule has 2 heterocycles. The van der Waals surface area contributed by atoms with Crippen LogP contribution in [0.25, 0.3) is 5.70 Å². The van der Waals surface area contributed by atoms with Gasteiger partial charge in [0.2, 0.25) is 5.75 Å². The molecule has 3 aromatic rings. The monoisotopic (exact) mass is 547 g/mol. The number of nitrogens with zero attached hydrogens (tertiary/aromatic N) is 2. The Hall–Kier alpha value is -3.88. The Morgan fingerprint density at radius 3 is 2.24 bits per heavy atom. The Bertz CT molecular complexity index is 1440. The van der Waals surface area contributed by atoms with Gasteiger partial charge in [0, 0.05) is 16.1 Å². The predicted molar refractivity (Wildman–Crippen MR) is 153 cm³/mol. The Balaban J connectivity index is 1.68. The highest BCUT2D eigenvalue weighted by atomic mass is 35.5. The van der Waals surface area contributed by atoms with Gasteiger partial charge in [0.1, 0.15) is 0 Å². The molecule has 0 saturated carbocycles. The lowest BCUT2D eigenvalue weighted by Gasteiger charge is -2.37. The molecule has 1 N–H and O–H groups in total. The first kappa shape index (κ1) is 25.8. The number of thioether (sulfide) groups is 1. The minimum absolute atomic E-state index is 0.248. The number of carbonyl (C=O) groups is 1. The number of anilines is 1. The molecule has 3 aromatic carbocycles.